The second kappa shape index (κ2) is 8.82. The third-order valence-corrected chi connectivity index (χ3v) is 5.86. The van der Waals surface area contributed by atoms with E-state index in [9.17, 15) is 27.5 Å². The summed E-state index contributed by atoms with van der Waals surface area (Å²) in [5.41, 5.74) is -0.624. The minimum atomic E-state index is -3.75. The average molecular weight is 448 g/mol. The molecule has 1 aromatic carbocycles. The number of hydrogen-bond donors (Lipinski definition) is 3. The molecule has 0 unspecified atom stereocenters. The number of halogens is 1. The van der Waals surface area contributed by atoms with E-state index in [0.717, 1.165) is 18.4 Å². The molecule has 0 saturated heterocycles. The third kappa shape index (κ3) is 4.57. The average Bonchev–Trinajstić information content (AvgIpc) is 2.72. The number of aromatic nitrogens is 2. The zero-order valence-corrected chi connectivity index (χ0v) is 17.7. The van der Waals surface area contributed by atoms with Gasteiger partial charge in [-0.15, -0.1) is 0 Å². The first-order valence-electron chi connectivity index (χ1n) is 9.27. The SMILES string of the molecule is CNCCn1c(=O)c(C(=O)NCc2ccc(F)cc2S(C)(=O)=O)c(O)c2ncccc21. The Balaban J connectivity index is 2.02. The number of nitrogens with zero attached hydrogens (tertiary/aromatic N) is 2. The van der Waals surface area contributed by atoms with Crippen LogP contribution in [-0.2, 0) is 22.9 Å². The maximum Gasteiger partial charge on any atom is 0.267 e. The molecule has 0 saturated carbocycles. The van der Waals surface area contributed by atoms with E-state index in [1.54, 1.807) is 19.2 Å². The molecule has 31 heavy (non-hydrogen) atoms. The summed E-state index contributed by atoms with van der Waals surface area (Å²) in [5.74, 6) is -2.21. The monoisotopic (exact) mass is 448 g/mol. The first kappa shape index (κ1) is 22.4. The highest BCUT2D eigenvalue weighted by Gasteiger charge is 2.23. The predicted octanol–water partition coefficient (Wildman–Crippen LogP) is 0.794. The molecule has 0 aliphatic carbocycles. The molecule has 0 aliphatic rings. The van der Waals surface area contributed by atoms with Gasteiger partial charge in [-0.05, 0) is 36.9 Å². The highest BCUT2D eigenvalue weighted by atomic mass is 32.2. The van der Waals surface area contributed by atoms with Crippen LogP contribution in [0.5, 0.6) is 5.75 Å². The summed E-state index contributed by atoms with van der Waals surface area (Å²) in [6, 6.07) is 6.38. The van der Waals surface area contributed by atoms with E-state index < -0.39 is 38.4 Å². The van der Waals surface area contributed by atoms with Gasteiger partial charge in [0, 0.05) is 32.1 Å². The first-order chi connectivity index (χ1) is 14.6. The molecule has 3 rings (SSSR count). The molecule has 0 atom stereocenters. The molecule has 9 nitrogen and oxygen atoms in total. The molecule has 0 fully saturated rings. The number of carbonyl (C=O) groups is 1. The minimum Gasteiger partial charge on any atom is -0.505 e. The molecule has 3 aromatic rings. The fraction of sp³-hybridized carbons (Fsp3) is 0.250. The Morgan fingerprint density at radius 2 is 2.03 bits per heavy atom. The number of rotatable bonds is 7. The number of likely N-dealkylation sites (N-methyl/N-ethyl adjacent to an activating group) is 1. The van der Waals surface area contributed by atoms with E-state index in [2.05, 4.69) is 15.6 Å². The largest absolute Gasteiger partial charge is 0.505 e. The van der Waals surface area contributed by atoms with Gasteiger partial charge in [-0.1, -0.05) is 6.07 Å². The van der Waals surface area contributed by atoms with Crippen LogP contribution >= 0.6 is 0 Å². The third-order valence-electron chi connectivity index (χ3n) is 4.68. The van der Waals surface area contributed by atoms with Crippen molar-refractivity contribution in [2.45, 2.75) is 18.0 Å². The van der Waals surface area contributed by atoms with Crippen molar-refractivity contribution >= 4 is 26.8 Å². The summed E-state index contributed by atoms with van der Waals surface area (Å²) in [6.45, 7) is 0.370. The highest BCUT2D eigenvalue weighted by molar-refractivity contribution is 7.90. The van der Waals surface area contributed by atoms with Crippen LogP contribution < -0.4 is 16.2 Å². The number of carbonyl (C=O) groups excluding carboxylic acids is 1. The van der Waals surface area contributed by atoms with E-state index in [4.69, 9.17) is 0 Å². The van der Waals surface area contributed by atoms with Crippen molar-refractivity contribution in [2.75, 3.05) is 19.8 Å². The van der Waals surface area contributed by atoms with Gasteiger partial charge in [0.2, 0.25) is 0 Å². The summed E-state index contributed by atoms with van der Waals surface area (Å²) >= 11 is 0. The van der Waals surface area contributed by atoms with Crippen molar-refractivity contribution in [3.8, 4) is 5.75 Å². The van der Waals surface area contributed by atoms with Crippen LogP contribution in [0, 0.1) is 5.82 Å². The van der Waals surface area contributed by atoms with Gasteiger partial charge in [-0.3, -0.25) is 14.6 Å². The Morgan fingerprint density at radius 3 is 2.71 bits per heavy atom. The van der Waals surface area contributed by atoms with Gasteiger partial charge >= 0.3 is 0 Å². The fourth-order valence-electron chi connectivity index (χ4n) is 3.19. The van der Waals surface area contributed by atoms with Crippen LogP contribution in [0.2, 0.25) is 0 Å². The van der Waals surface area contributed by atoms with E-state index in [0.29, 0.717) is 12.1 Å². The number of nitrogens with one attached hydrogen (secondary N) is 2. The first-order valence-corrected chi connectivity index (χ1v) is 11.2. The molecule has 0 radical (unpaired) electrons. The summed E-state index contributed by atoms with van der Waals surface area (Å²) < 4.78 is 38.7. The minimum absolute atomic E-state index is 0.0851. The van der Waals surface area contributed by atoms with Gasteiger partial charge in [0.25, 0.3) is 11.5 Å². The van der Waals surface area contributed by atoms with Crippen molar-refractivity contribution in [1.82, 2.24) is 20.2 Å². The Bertz CT molecular complexity index is 1320. The zero-order valence-electron chi connectivity index (χ0n) is 16.8. The number of fused-ring (bicyclic) bond motifs is 1. The molecular weight excluding hydrogens is 427 g/mol. The second-order valence-electron chi connectivity index (χ2n) is 6.86. The lowest BCUT2D eigenvalue weighted by molar-refractivity contribution is 0.0946. The van der Waals surface area contributed by atoms with Crippen LogP contribution in [-0.4, -0.2) is 48.8 Å². The van der Waals surface area contributed by atoms with Crippen molar-refractivity contribution in [3.63, 3.8) is 0 Å². The standard InChI is InChI=1S/C20H21FN4O5S/c1-22-8-9-25-14-4-3-7-23-17(14)18(26)16(20(25)28)19(27)24-11-12-5-6-13(21)10-15(12)31(2,29)30/h3-7,10,22,26H,8-9,11H2,1-2H3,(H,24,27). The number of amides is 1. The number of pyridine rings is 2. The summed E-state index contributed by atoms with van der Waals surface area (Å²) in [6.07, 6.45) is 2.35. The smallest absolute Gasteiger partial charge is 0.267 e. The van der Waals surface area contributed by atoms with Gasteiger partial charge < -0.3 is 20.3 Å². The fourth-order valence-corrected chi connectivity index (χ4v) is 4.14. The Morgan fingerprint density at radius 1 is 1.29 bits per heavy atom. The van der Waals surface area contributed by atoms with E-state index in [1.807, 2.05) is 0 Å². The number of sulfone groups is 1. The second-order valence-corrected chi connectivity index (χ2v) is 8.85. The summed E-state index contributed by atoms with van der Waals surface area (Å²) in [5, 5.41) is 15.9. The van der Waals surface area contributed by atoms with E-state index in [1.165, 1.54) is 16.8 Å². The predicted molar refractivity (Wildman–Crippen MR) is 112 cm³/mol. The Hall–Kier alpha value is -3.31. The van der Waals surface area contributed by atoms with Gasteiger partial charge in [0.15, 0.2) is 15.6 Å². The van der Waals surface area contributed by atoms with Crippen LogP contribution in [0.15, 0.2) is 46.2 Å². The molecule has 0 aliphatic heterocycles. The topological polar surface area (TPSA) is 130 Å². The van der Waals surface area contributed by atoms with Crippen LogP contribution in [0.25, 0.3) is 11.0 Å². The Labute approximate surface area is 177 Å². The van der Waals surface area contributed by atoms with Crippen LogP contribution in [0.3, 0.4) is 0 Å². The molecule has 0 spiro atoms. The number of benzene rings is 1. The molecule has 2 heterocycles. The van der Waals surface area contributed by atoms with Gasteiger partial charge in [-0.25, -0.2) is 12.8 Å². The summed E-state index contributed by atoms with van der Waals surface area (Å²) in [4.78, 5) is 29.6. The van der Waals surface area contributed by atoms with Crippen molar-refractivity contribution in [1.29, 1.82) is 0 Å². The van der Waals surface area contributed by atoms with Gasteiger partial charge in [0.1, 0.15) is 16.9 Å². The molecule has 2 aromatic heterocycles. The lowest BCUT2D eigenvalue weighted by Crippen LogP contribution is -2.35. The molecule has 164 valence electrons. The molecular formula is C20H21FN4O5S. The van der Waals surface area contributed by atoms with Crippen molar-refractivity contribution < 1.29 is 22.7 Å². The summed E-state index contributed by atoms with van der Waals surface area (Å²) in [7, 11) is -2.04. The number of aromatic hydroxyl groups is 1. The van der Waals surface area contributed by atoms with Crippen molar-refractivity contribution in [3.05, 3.63) is 63.8 Å². The van der Waals surface area contributed by atoms with Crippen LogP contribution in [0.1, 0.15) is 15.9 Å². The highest BCUT2D eigenvalue weighted by Crippen LogP contribution is 2.24. The Kier molecular flexibility index (Phi) is 6.37. The molecule has 1 amide bonds. The number of hydrogen-bond acceptors (Lipinski definition) is 7. The maximum absolute atomic E-state index is 13.5. The normalized spacial score (nSPS) is 11.6. The molecule has 3 N–H and O–H groups in total. The van der Waals surface area contributed by atoms with Gasteiger partial charge in [0.05, 0.1) is 10.4 Å². The molecule has 0 bridgehead atoms. The van der Waals surface area contributed by atoms with Gasteiger partial charge in [-0.2, -0.15) is 0 Å². The lowest BCUT2D eigenvalue weighted by atomic mass is 10.1. The molecule has 11 heteroatoms. The van der Waals surface area contributed by atoms with Crippen LogP contribution in [0.4, 0.5) is 4.39 Å². The van der Waals surface area contributed by atoms with E-state index in [-0.39, 0.29) is 29.1 Å². The lowest BCUT2D eigenvalue weighted by Gasteiger charge is -2.15. The maximum atomic E-state index is 13.5. The van der Waals surface area contributed by atoms with Crippen molar-refractivity contribution in [2.24, 2.45) is 0 Å². The van der Waals surface area contributed by atoms with E-state index >= 15 is 0 Å². The quantitative estimate of drug-likeness (QED) is 0.487. The zero-order chi connectivity index (χ0) is 22.8.